The maximum Gasteiger partial charge on any atom is 0.416 e. The summed E-state index contributed by atoms with van der Waals surface area (Å²) >= 11 is 0. The van der Waals surface area contributed by atoms with Gasteiger partial charge in [-0.25, -0.2) is 4.68 Å². The van der Waals surface area contributed by atoms with E-state index >= 15 is 0 Å². The maximum atomic E-state index is 12.8. The molecule has 1 aromatic carbocycles. The quantitative estimate of drug-likeness (QED) is 0.678. The van der Waals surface area contributed by atoms with Gasteiger partial charge in [-0.05, 0) is 36.8 Å². The Labute approximate surface area is 171 Å². The number of fused-ring (bicyclic) bond motifs is 1. The Morgan fingerprint density at radius 1 is 1.23 bits per heavy atom. The van der Waals surface area contributed by atoms with Crippen LogP contribution in [-0.4, -0.2) is 27.2 Å². The van der Waals surface area contributed by atoms with Gasteiger partial charge < -0.3 is 10.6 Å². The van der Waals surface area contributed by atoms with Gasteiger partial charge in [0.05, 0.1) is 36.0 Å². The van der Waals surface area contributed by atoms with Crippen LogP contribution in [0.4, 0.5) is 19.0 Å². The van der Waals surface area contributed by atoms with Gasteiger partial charge in [0.25, 0.3) is 0 Å². The molecule has 0 bridgehead atoms. The van der Waals surface area contributed by atoms with Gasteiger partial charge in [-0.2, -0.15) is 18.3 Å². The Hall–Kier alpha value is -3.36. The van der Waals surface area contributed by atoms with Crippen LogP contribution in [0.3, 0.4) is 0 Å². The topological polar surface area (TPSA) is 71.8 Å². The van der Waals surface area contributed by atoms with Crippen LogP contribution in [0.15, 0.2) is 54.9 Å². The molecule has 156 valence electrons. The van der Waals surface area contributed by atoms with E-state index in [9.17, 15) is 18.0 Å². The van der Waals surface area contributed by atoms with E-state index in [1.165, 1.54) is 12.1 Å². The van der Waals surface area contributed by atoms with E-state index in [0.29, 0.717) is 30.0 Å². The summed E-state index contributed by atoms with van der Waals surface area (Å²) in [4.78, 5) is 16.9. The van der Waals surface area contributed by atoms with Crippen LogP contribution < -0.4 is 10.6 Å². The molecular formula is C21H20F3N5O. The number of carbonyl (C=O) groups excluding carboxylic acids is 1. The zero-order valence-electron chi connectivity index (χ0n) is 16.1. The molecule has 9 heteroatoms. The first kappa shape index (κ1) is 19.9. The summed E-state index contributed by atoms with van der Waals surface area (Å²) in [5.74, 6) is 0.249. The number of hydrogen-bond donors (Lipinski definition) is 2. The third-order valence-corrected chi connectivity index (χ3v) is 5.13. The average Bonchev–Trinajstić information content (AvgIpc) is 3.17. The van der Waals surface area contributed by atoms with Gasteiger partial charge in [-0.15, -0.1) is 0 Å². The number of alkyl halides is 3. The minimum atomic E-state index is -4.37. The van der Waals surface area contributed by atoms with Crippen molar-refractivity contribution in [1.82, 2.24) is 20.1 Å². The summed E-state index contributed by atoms with van der Waals surface area (Å²) in [6.45, 7) is 2.66. The largest absolute Gasteiger partial charge is 0.416 e. The van der Waals surface area contributed by atoms with Gasteiger partial charge in [0.1, 0.15) is 5.82 Å². The number of aromatic nitrogens is 3. The lowest BCUT2D eigenvalue weighted by molar-refractivity contribution is -0.137. The number of nitrogens with one attached hydrogen (secondary N) is 2. The Morgan fingerprint density at radius 3 is 2.67 bits per heavy atom. The first-order valence-corrected chi connectivity index (χ1v) is 9.51. The summed E-state index contributed by atoms with van der Waals surface area (Å²) in [5.41, 5.74) is 1.41. The van der Waals surface area contributed by atoms with E-state index in [0.717, 1.165) is 17.8 Å². The van der Waals surface area contributed by atoms with Crippen molar-refractivity contribution < 1.29 is 18.0 Å². The molecule has 4 rings (SSSR count). The molecule has 2 unspecified atom stereocenters. The average molecular weight is 415 g/mol. The van der Waals surface area contributed by atoms with Gasteiger partial charge in [-0.3, -0.25) is 9.78 Å². The summed E-state index contributed by atoms with van der Waals surface area (Å²) in [7, 11) is 0. The van der Waals surface area contributed by atoms with Crippen LogP contribution in [0.5, 0.6) is 0 Å². The summed E-state index contributed by atoms with van der Waals surface area (Å²) < 4.78 is 40.0. The molecule has 6 nitrogen and oxygen atoms in total. The third kappa shape index (κ3) is 4.00. The second kappa shape index (κ2) is 7.81. The summed E-state index contributed by atoms with van der Waals surface area (Å²) in [6, 6.07) is 10.3. The molecule has 0 spiro atoms. The number of halogens is 3. The number of rotatable bonds is 4. The molecule has 2 atom stereocenters. The second-order valence-electron chi connectivity index (χ2n) is 7.23. The highest BCUT2D eigenvalue weighted by Gasteiger charge is 2.31. The molecule has 1 amide bonds. The van der Waals surface area contributed by atoms with Gasteiger partial charge >= 0.3 is 6.18 Å². The molecule has 1 aliphatic heterocycles. The van der Waals surface area contributed by atoms with Crippen molar-refractivity contribution in [2.75, 3.05) is 11.9 Å². The number of hydrogen-bond acceptors (Lipinski definition) is 4. The van der Waals surface area contributed by atoms with E-state index in [1.807, 2.05) is 25.1 Å². The molecule has 0 saturated heterocycles. The molecule has 0 fully saturated rings. The Balaban J connectivity index is 1.45. The second-order valence-corrected chi connectivity index (χ2v) is 7.23. The molecular weight excluding hydrogens is 395 g/mol. The van der Waals surface area contributed by atoms with Crippen molar-refractivity contribution in [3.8, 4) is 11.1 Å². The minimum Gasteiger partial charge on any atom is -0.369 e. The summed E-state index contributed by atoms with van der Waals surface area (Å²) in [5, 5.41) is 10.5. The fraction of sp³-hybridized carbons (Fsp3) is 0.286. The predicted molar refractivity (Wildman–Crippen MR) is 105 cm³/mol. The van der Waals surface area contributed by atoms with E-state index in [1.54, 1.807) is 17.1 Å². The molecule has 30 heavy (non-hydrogen) atoms. The minimum absolute atomic E-state index is 0.113. The fourth-order valence-electron chi connectivity index (χ4n) is 3.47. The van der Waals surface area contributed by atoms with Crippen molar-refractivity contribution >= 4 is 11.7 Å². The van der Waals surface area contributed by atoms with Crippen LogP contribution in [0.25, 0.3) is 11.1 Å². The van der Waals surface area contributed by atoms with Crippen LogP contribution in [0, 0.1) is 5.92 Å². The van der Waals surface area contributed by atoms with Crippen molar-refractivity contribution in [3.05, 3.63) is 66.1 Å². The molecule has 0 aliphatic carbocycles. The number of amides is 1. The molecule has 3 aromatic rings. The lowest BCUT2D eigenvalue weighted by atomic mass is 10.0. The number of benzene rings is 1. The number of nitrogens with zero attached hydrogens (tertiary/aromatic N) is 3. The normalized spacial score (nSPS) is 17.0. The third-order valence-electron chi connectivity index (χ3n) is 5.13. The highest BCUT2D eigenvalue weighted by Crippen LogP contribution is 2.34. The van der Waals surface area contributed by atoms with Crippen molar-refractivity contribution in [2.24, 2.45) is 5.92 Å². The highest BCUT2D eigenvalue weighted by atomic mass is 19.4. The number of anilines is 1. The lowest BCUT2D eigenvalue weighted by Crippen LogP contribution is -2.41. The van der Waals surface area contributed by atoms with E-state index in [2.05, 4.69) is 20.7 Å². The van der Waals surface area contributed by atoms with Gasteiger partial charge in [-0.1, -0.05) is 18.2 Å². The smallest absolute Gasteiger partial charge is 0.369 e. The Bertz CT molecular complexity index is 1030. The molecule has 0 saturated carbocycles. The predicted octanol–water partition coefficient (Wildman–Crippen LogP) is 3.88. The maximum absolute atomic E-state index is 12.8. The standard InChI is InChI=1S/C21H20F3N5O/c1-13(18-4-2-3-9-25-18)28-20(30)15-10-26-19-17(11-27-29(19)12-15)14-5-7-16(8-6-14)21(22,23)24/h2-9,11,13,15,26H,10,12H2,1H3,(H,28,30). The van der Waals surface area contributed by atoms with Crippen molar-refractivity contribution in [3.63, 3.8) is 0 Å². The van der Waals surface area contributed by atoms with Gasteiger partial charge in [0.15, 0.2) is 0 Å². The number of carbonyl (C=O) groups is 1. The molecule has 3 heterocycles. The van der Waals surface area contributed by atoms with E-state index in [-0.39, 0.29) is 17.9 Å². The SMILES string of the molecule is CC(NC(=O)C1CNc2c(-c3ccc(C(F)(F)F)cc3)cnn2C1)c1ccccn1. The molecule has 2 N–H and O–H groups in total. The van der Waals surface area contributed by atoms with Crippen LogP contribution in [0.1, 0.15) is 24.2 Å². The van der Waals surface area contributed by atoms with E-state index < -0.39 is 11.7 Å². The Kier molecular flexibility index (Phi) is 5.19. The van der Waals surface area contributed by atoms with Crippen molar-refractivity contribution in [1.29, 1.82) is 0 Å². The number of pyridine rings is 1. The summed E-state index contributed by atoms with van der Waals surface area (Å²) in [6.07, 6.45) is -1.09. The van der Waals surface area contributed by atoms with Crippen LogP contribution >= 0.6 is 0 Å². The molecule has 0 radical (unpaired) electrons. The van der Waals surface area contributed by atoms with Gasteiger partial charge in [0, 0.05) is 18.3 Å². The lowest BCUT2D eigenvalue weighted by Gasteiger charge is -2.26. The molecule has 1 aliphatic rings. The van der Waals surface area contributed by atoms with Crippen molar-refractivity contribution in [2.45, 2.75) is 25.7 Å². The van der Waals surface area contributed by atoms with Crippen LogP contribution in [-0.2, 0) is 17.5 Å². The first-order valence-electron chi connectivity index (χ1n) is 9.51. The van der Waals surface area contributed by atoms with Crippen LogP contribution in [0.2, 0.25) is 0 Å². The van der Waals surface area contributed by atoms with E-state index in [4.69, 9.17) is 0 Å². The zero-order valence-corrected chi connectivity index (χ0v) is 16.1. The highest BCUT2D eigenvalue weighted by molar-refractivity contribution is 5.81. The Morgan fingerprint density at radius 2 is 2.00 bits per heavy atom. The zero-order chi connectivity index (χ0) is 21.3. The monoisotopic (exact) mass is 415 g/mol. The fourth-order valence-corrected chi connectivity index (χ4v) is 3.47. The molecule has 2 aromatic heterocycles. The first-order chi connectivity index (χ1) is 14.3. The van der Waals surface area contributed by atoms with Gasteiger partial charge in [0.2, 0.25) is 5.91 Å².